The standard InChI is InChI=1S/2C14H17N5OS.C14H15N5S.2C13H15N5OS/c2*1-8(20-2)7-16-10-6-13(15)18-11-5-12(21-14(10)11)9-3-4-17-19-9;15-13-6-10(16-7-8-1-2-8)14-11(18-13)5-12(20-14)9-3-4-17-19-9;2*1-19-5-4-15-9-7-12(14)17-10-6-11(20-13(9)10)8-2-3-16-18-8/h2*3-6,8H,7H2,1-2H3,(H,17,19)(H3,15,16,18);3-6,8H,1-2,7H2,(H,17,19)(H3,15,16,18);2*2-3,6-7H,4-5H2,1H3,(H,16,18)(H3,14,15,17)/t2*8-;;;/m11.../s1. The highest BCUT2D eigenvalue weighted by atomic mass is 32.1. The van der Waals surface area contributed by atoms with E-state index in [0.29, 0.717) is 55.4 Å². The fourth-order valence-corrected chi connectivity index (χ4v) is 15.6. The number of aromatic amines is 5. The number of nitrogens with one attached hydrogen (secondary N) is 10. The number of ether oxygens (including phenoxy) is 4. The number of fused-ring (bicyclic) bond motifs is 5. The number of hydrogen-bond acceptors (Lipinski definition) is 29. The maximum atomic E-state index is 5.91. The molecule has 0 amide bonds. The van der Waals surface area contributed by atoms with E-state index in [1.165, 1.54) is 12.8 Å². The van der Waals surface area contributed by atoms with Crippen molar-refractivity contribution >= 4 is 165 Å². The zero-order chi connectivity index (χ0) is 71.1. The number of nitrogen functional groups attached to an aromatic ring is 5. The van der Waals surface area contributed by atoms with Crippen LogP contribution < -0.4 is 55.3 Å². The minimum absolute atomic E-state index is 0.126. The van der Waals surface area contributed by atoms with Crippen LogP contribution in [0.5, 0.6) is 0 Å². The Hall–Kier alpha value is -10.6. The molecule has 0 aliphatic heterocycles. The van der Waals surface area contributed by atoms with E-state index in [1.54, 1.807) is 116 Å². The van der Waals surface area contributed by atoms with Crippen LogP contribution in [0.3, 0.4) is 0 Å². The molecule has 15 heterocycles. The van der Waals surface area contributed by atoms with Crippen molar-refractivity contribution in [3.05, 3.63) is 122 Å². The van der Waals surface area contributed by atoms with Gasteiger partial charge in [0, 0.05) is 122 Å². The summed E-state index contributed by atoms with van der Waals surface area (Å²) in [6, 6.07) is 29.2. The molecule has 15 aromatic rings. The number of methoxy groups -OCH3 is 4. The maximum absolute atomic E-state index is 5.91. The van der Waals surface area contributed by atoms with Crippen LogP contribution >= 0.6 is 56.7 Å². The Morgan fingerprint density at radius 3 is 0.863 bits per heavy atom. The van der Waals surface area contributed by atoms with E-state index in [-0.39, 0.29) is 12.2 Å². The number of anilines is 10. The molecular weight excluding hydrogens is 1390 g/mol. The van der Waals surface area contributed by atoms with Gasteiger partial charge in [0.25, 0.3) is 0 Å². The summed E-state index contributed by atoms with van der Waals surface area (Å²) in [6.07, 6.45) is 11.6. The lowest BCUT2D eigenvalue weighted by atomic mass is 10.3. The molecule has 0 saturated heterocycles. The molecule has 1 aliphatic carbocycles. The molecule has 1 fully saturated rings. The average Bonchev–Trinajstić information content (AvgIpc) is 1.68. The summed E-state index contributed by atoms with van der Waals surface area (Å²) in [6.45, 7) is 9.22. The van der Waals surface area contributed by atoms with Crippen LogP contribution in [0.25, 0.3) is 104 Å². The molecule has 34 heteroatoms. The van der Waals surface area contributed by atoms with Crippen molar-refractivity contribution in [1.82, 2.24) is 75.9 Å². The third-order valence-electron chi connectivity index (χ3n) is 15.8. The zero-order valence-electron chi connectivity index (χ0n) is 56.7. The third kappa shape index (κ3) is 18.1. The van der Waals surface area contributed by atoms with E-state index in [2.05, 4.69) is 109 Å². The minimum atomic E-state index is 0.126. The van der Waals surface area contributed by atoms with Gasteiger partial charge in [-0.3, -0.25) is 25.5 Å². The highest BCUT2D eigenvalue weighted by Crippen LogP contribution is 2.42. The number of aromatic nitrogens is 15. The van der Waals surface area contributed by atoms with Crippen molar-refractivity contribution in [2.24, 2.45) is 5.92 Å². The van der Waals surface area contributed by atoms with Crippen LogP contribution in [0.1, 0.15) is 26.7 Å². The first kappa shape index (κ1) is 71.3. The number of pyridine rings is 5. The Labute approximate surface area is 605 Å². The summed E-state index contributed by atoms with van der Waals surface area (Å²) < 4.78 is 26.1. The van der Waals surface area contributed by atoms with Gasteiger partial charge in [-0.1, -0.05) is 0 Å². The first-order valence-corrected chi connectivity index (χ1v) is 36.5. The molecule has 1 aliphatic rings. The van der Waals surface area contributed by atoms with Gasteiger partial charge in [-0.05, 0) is 93.3 Å². The van der Waals surface area contributed by atoms with Crippen LogP contribution in [-0.2, 0) is 18.9 Å². The van der Waals surface area contributed by atoms with Crippen molar-refractivity contribution in [2.75, 3.05) is 130 Å². The van der Waals surface area contributed by atoms with Crippen LogP contribution in [-0.4, -0.2) is 162 Å². The van der Waals surface area contributed by atoms with Crippen LogP contribution in [0.2, 0.25) is 0 Å². The molecule has 0 radical (unpaired) electrons. The van der Waals surface area contributed by atoms with Crippen LogP contribution in [0, 0.1) is 5.92 Å². The molecule has 102 heavy (non-hydrogen) atoms. The van der Waals surface area contributed by atoms with Gasteiger partial charge in [0.2, 0.25) is 0 Å². The van der Waals surface area contributed by atoms with E-state index in [4.69, 9.17) is 47.6 Å². The SMILES string of the molecule is COCCNc1cc(N)nc2cc(-c3ccn[nH]3)sc12.COCCNc1cc(N)nc2cc(-c3ccn[nH]3)sc12.CO[C@H](C)CNc1cc(N)nc2cc(-c3ccn[nH]3)sc12.CO[C@H](C)CNc1cc(N)nc2cc(-c3ccn[nH]3)sc12.Nc1cc(NCC2CC2)c2sc(-c3ccn[nH]3)cc2n1. The summed E-state index contributed by atoms with van der Waals surface area (Å²) >= 11 is 8.34. The predicted octanol–water partition coefficient (Wildman–Crippen LogP) is 13.2. The normalized spacial score (nSPS) is 12.5. The Morgan fingerprint density at radius 2 is 0.637 bits per heavy atom. The van der Waals surface area contributed by atoms with E-state index < -0.39 is 0 Å². The van der Waals surface area contributed by atoms with Gasteiger partial charge in [-0.25, -0.2) is 24.9 Å². The predicted molar refractivity (Wildman–Crippen MR) is 420 cm³/mol. The van der Waals surface area contributed by atoms with Gasteiger partial charge < -0.3 is 74.2 Å². The molecule has 16 rings (SSSR count). The van der Waals surface area contributed by atoms with E-state index in [1.807, 2.05) is 98.8 Å². The maximum Gasteiger partial charge on any atom is 0.126 e. The quantitative estimate of drug-likeness (QED) is 0.0250. The largest absolute Gasteiger partial charge is 0.384 e. The second-order valence-electron chi connectivity index (χ2n) is 23.5. The van der Waals surface area contributed by atoms with Gasteiger partial charge >= 0.3 is 0 Å². The van der Waals surface area contributed by atoms with Gasteiger partial charge in [0.05, 0.1) is 158 Å². The molecule has 530 valence electrons. The minimum Gasteiger partial charge on any atom is -0.384 e. The summed E-state index contributed by atoms with van der Waals surface area (Å²) in [5.41, 5.74) is 43.9. The lowest BCUT2D eigenvalue weighted by Crippen LogP contribution is -2.18. The molecule has 15 aromatic heterocycles. The number of rotatable bonds is 24. The lowest BCUT2D eigenvalue weighted by Gasteiger charge is -2.12. The second kappa shape index (κ2) is 33.7. The Kier molecular flexibility index (Phi) is 23.6. The first-order valence-electron chi connectivity index (χ1n) is 32.4. The first-order chi connectivity index (χ1) is 49.7. The number of thiophene rings is 5. The van der Waals surface area contributed by atoms with Gasteiger partial charge in [0.1, 0.15) is 29.1 Å². The average molecular weight is 1470 g/mol. The highest BCUT2D eigenvalue weighted by molar-refractivity contribution is 7.24. The summed E-state index contributed by atoms with van der Waals surface area (Å²) in [4.78, 5) is 27.5. The molecule has 2 atom stereocenters. The third-order valence-corrected chi connectivity index (χ3v) is 21.8. The molecule has 0 spiro atoms. The second-order valence-corrected chi connectivity index (χ2v) is 28.7. The fraction of sp³-hybridized carbons (Fsp3) is 0.265. The topological polar surface area (TPSA) is 435 Å². The molecule has 0 unspecified atom stereocenters. The van der Waals surface area contributed by atoms with E-state index in [0.717, 1.165) is 158 Å². The number of nitrogens with two attached hydrogens (primary N) is 5. The Balaban J connectivity index is 0.000000120. The summed E-state index contributed by atoms with van der Waals surface area (Å²) in [5, 5.41) is 51.7. The molecular formula is C68H79N25O4S5. The monoisotopic (exact) mass is 1470 g/mol. The molecule has 0 aromatic carbocycles. The Morgan fingerprint density at radius 1 is 0.382 bits per heavy atom. The molecule has 29 nitrogen and oxygen atoms in total. The van der Waals surface area contributed by atoms with E-state index >= 15 is 0 Å². The van der Waals surface area contributed by atoms with Crippen molar-refractivity contribution < 1.29 is 18.9 Å². The van der Waals surface area contributed by atoms with Gasteiger partial charge in [-0.15, -0.1) is 56.7 Å². The van der Waals surface area contributed by atoms with Crippen molar-refractivity contribution in [3.8, 4) is 52.9 Å². The number of nitrogens with zero attached hydrogens (tertiary/aromatic N) is 10. The zero-order valence-corrected chi connectivity index (χ0v) is 60.8. The fourth-order valence-electron chi connectivity index (χ4n) is 10.3. The van der Waals surface area contributed by atoms with Crippen molar-refractivity contribution in [2.45, 2.75) is 38.9 Å². The van der Waals surface area contributed by atoms with Gasteiger partial charge in [-0.2, -0.15) is 25.5 Å². The Bertz CT molecular complexity index is 4850. The van der Waals surface area contributed by atoms with Crippen molar-refractivity contribution in [1.29, 1.82) is 0 Å². The summed E-state index contributed by atoms with van der Waals surface area (Å²) in [5.74, 6) is 3.40. The van der Waals surface area contributed by atoms with E-state index in [9.17, 15) is 0 Å². The van der Waals surface area contributed by atoms with Crippen LogP contribution in [0.4, 0.5) is 57.5 Å². The smallest absolute Gasteiger partial charge is 0.126 e. The molecule has 20 N–H and O–H groups in total. The number of H-pyrrole nitrogens is 5. The van der Waals surface area contributed by atoms with Gasteiger partial charge in [0.15, 0.2) is 0 Å². The van der Waals surface area contributed by atoms with Crippen molar-refractivity contribution in [3.63, 3.8) is 0 Å². The summed E-state index contributed by atoms with van der Waals surface area (Å²) in [7, 11) is 6.76. The highest BCUT2D eigenvalue weighted by Gasteiger charge is 2.22. The lowest BCUT2D eigenvalue weighted by molar-refractivity contribution is 0.128. The van der Waals surface area contributed by atoms with Crippen LogP contribution in [0.15, 0.2) is 122 Å². The molecule has 1 saturated carbocycles. The molecule has 0 bridgehead atoms. The number of hydrogen-bond donors (Lipinski definition) is 15.